The third-order valence-electron chi connectivity index (χ3n) is 4.35. The molecule has 1 fully saturated rings. The topological polar surface area (TPSA) is 28.2 Å². The van der Waals surface area contributed by atoms with Gasteiger partial charge in [-0.05, 0) is 44.5 Å². The van der Waals surface area contributed by atoms with Crippen LogP contribution in [0.15, 0.2) is 24.4 Å². The fraction of sp³-hybridized carbons (Fsp3) is 0.688. The molecule has 0 spiro atoms. The number of hydrogen-bond acceptors (Lipinski definition) is 3. The van der Waals surface area contributed by atoms with Gasteiger partial charge in [0.05, 0.1) is 5.69 Å². The second-order valence-electron chi connectivity index (χ2n) is 5.59. The van der Waals surface area contributed by atoms with E-state index in [9.17, 15) is 0 Å². The van der Waals surface area contributed by atoms with Crippen molar-refractivity contribution >= 4 is 0 Å². The van der Waals surface area contributed by atoms with Gasteiger partial charge in [0, 0.05) is 25.3 Å². The Hall–Kier alpha value is -0.930. The monoisotopic (exact) mass is 261 g/mol. The lowest BCUT2D eigenvalue weighted by Gasteiger charge is -2.29. The van der Waals surface area contributed by atoms with Gasteiger partial charge in [-0.1, -0.05) is 25.8 Å². The molecule has 0 aliphatic heterocycles. The summed E-state index contributed by atoms with van der Waals surface area (Å²) >= 11 is 0. The molecule has 0 aromatic carbocycles. The molecule has 1 heterocycles. The standard InChI is InChI=1S/C16H27N3/c1-3-19(12-15-10-6-7-11-18-15)13-16(17-2)14-8-4-5-9-14/h6-7,10-11,14,16-17H,3-5,8-9,12-13H2,1-2H3. The van der Waals surface area contributed by atoms with E-state index in [0.29, 0.717) is 6.04 Å². The Morgan fingerprint density at radius 1 is 1.37 bits per heavy atom. The zero-order chi connectivity index (χ0) is 13.5. The maximum atomic E-state index is 4.44. The minimum absolute atomic E-state index is 0.631. The number of nitrogens with one attached hydrogen (secondary N) is 1. The highest BCUT2D eigenvalue weighted by atomic mass is 15.1. The van der Waals surface area contributed by atoms with Gasteiger partial charge in [0.1, 0.15) is 0 Å². The molecule has 3 nitrogen and oxygen atoms in total. The maximum absolute atomic E-state index is 4.44. The number of hydrogen-bond donors (Lipinski definition) is 1. The Morgan fingerprint density at radius 3 is 2.74 bits per heavy atom. The predicted octanol–water partition coefficient (Wildman–Crippen LogP) is 2.68. The Labute approximate surface area is 117 Å². The first kappa shape index (κ1) is 14.5. The number of likely N-dealkylation sites (N-methyl/N-ethyl adjacent to an activating group) is 2. The third kappa shape index (κ3) is 4.29. The van der Waals surface area contributed by atoms with E-state index in [1.165, 1.54) is 31.4 Å². The molecule has 0 amide bonds. The van der Waals surface area contributed by atoms with E-state index in [4.69, 9.17) is 0 Å². The van der Waals surface area contributed by atoms with Crippen molar-refractivity contribution in [2.75, 3.05) is 20.1 Å². The molecule has 1 saturated carbocycles. The van der Waals surface area contributed by atoms with Crippen molar-refractivity contribution in [1.29, 1.82) is 0 Å². The van der Waals surface area contributed by atoms with E-state index in [1.54, 1.807) is 0 Å². The molecule has 106 valence electrons. The molecule has 0 saturated heterocycles. The lowest BCUT2D eigenvalue weighted by molar-refractivity contribution is 0.213. The number of nitrogens with zero attached hydrogens (tertiary/aromatic N) is 2. The van der Waals surface area contributed by atoms with Gasteiger partial charge in [-0.15, -0.1) is 0 Å². The first-order chi connectivity index (χ1) is 9.33. The fourth-order valence-electron chi connectivity index (χ4n) is 3.14. The van der Waals surface area contributed by atoms with Crippen LogP contribution < -0.4 is 5.32 Å². The summed E-state index contributed by atoms with van der Waals surface area (Å²) in [4.78, 5) is 6.94. The number of rotatable bonds is 7. The average Bonchev–Trinajstić information content (AvgIpc) is 2.98. The molecule has 1 aromatic heterocycles. The van der Waals surface area contributed by atoms with E-state index in [2.05, 4.69) is 41.3 Å². The van der Waals surface area contributed by atoms with Crippen LogP contribution in [-0.4, -0.2) is 36.1 Å². The lowest BCUT2D eigenvalue weighted by Crippen LogP contribution is -2.43. The van der Waals surface area contributed by atoms with Crippen molar-refractivity contribution in [3.05, 3.63) is 30.1 Å². The Balaban J connectivity index is 1.89. The Kier molecular flexibility index (Phi) is 5.80. The van der Waals surface area contributed by atoms with Crippen LogP contribution in [0, 0.1) is 5.92 Å². The maximum Gasteiger partial charge on any atom is 0.0543 e. The van der Waals surface area contributed by atoms with E-state index >= 15 is 0 Å². The minimum Gasteiger partial charge on any atom is -0.315 e. The van der Waals surface area contributed by atoms with Gasteiger partial charge in [-0.25, -0.2) is 0 Å². The van der Waals surface area contributed by atoms with Crippen LogP contribution in [-0.2, 0) is 6.54 Å². The summed E-state index contributed by atoms with van der Waals surface area (Å²) in [5.74, 6) is 0.864. The summed E-state index contributed by atoms with van der Waals surface area (Å²) in [7, 11) is 2.11. The van der Waals surface area contributed by atoms with Crippen molar-refractivity contribution in [3.8, 4) is 0 Å². The molecule has 1 aliphatic carbocycles. The molecule has 1 unspecified atom stereocenters. The predicted molar refractivity (Wildman–Crippen MR) is 80.0 cm³/mol. The summed E-state index contributed by atoms with van der Waals surface area (Å²) in [6, 6.07) is 6.80. The second-order valence-corrected chi connectivity index (χ2v) is 5.59. The van der Waals surface area contributed by atoms with Crippen LogP contribution in [0.5, 0.6) is 0 Å². The molecule has 19 heavy (non-hydrogen) atoms. The summed E-state index contributed by atoms with van der Waals surface area (Å²) in [5, 5.41) is 3.53. The Morgan fingerprint density at radius 2 is 2.16 bits per heavy atom. The first-order valence-electron chi connectivity index (χ1n) is 7.63. The smallest absolute Gasteiger partial charge is 0.0543 e. The number of aromatic nitrogens is 1. The molecule has 1 N–H and O–H groups in total. The highest BCUT2D eigenvalue weighted by molar-refractivity contribution is 5.03. The van der Waals surface area contributed by atoms with Gasteiger partial charge in [0.2, 0.25) is 0 Å². The van der Waals surface area contributed by atoms with Crippen LogP contribution in [0.4, 0.5) is 0 Å². The molecule has 2 rings (SSSR count). The molecule has 1 aliphatic rings. The van der Waals surface area contributed by atoms with Crippen LogP contribution in [0.3, 0.4) is 0 Å². The Bertz CT molecular complexity index is 346. The van der Waals surface area contributed by atoms with Crippen molar-refractivity contribution in [2.45, 2.75) is 45.2 Å². The minimum atomic E-state index is 0.631. The molecule has 1 atom stereocenters. The molecule has 3 heteroatoms. The summed E-state index contributed by atoms with van der Waals surface area (Å²) in [5.41, 5.74) is 1.17. The summed E-state index contributed by atoms with van der Waals surface area (Å²) in [6.07, 6.45) is 7.50. The van der Waals surface area contributed by atoms with E-state index < -0.39 is 0 Å². The zero-order valence-electron chi connectivity index (χ0n) is 12.3. The highest BCUT2D eigenvalue weighted by Gasteiger charge is 2.25. The molecule has 1 aromatic rings. The molecular formula is C16H27N3. The van der Waals surface area contributed by atoms with E-state index in [1.807, 2.05) is 12.3 Å². The van der Waals surface area contributed by atoms with Crippen LogP contribution >= 0.6 is 0 Å². The van der Waals surface area contributed by atoms with Gasteiger partial charge < -0.3 is 5.32 Å². The van der Waals surface area contributed by atoms with Crippen LogP contribution in [0.25, 0.3) is 0 Å². The molecule has 0 bridgehead atoms. The van der Waals surface area contributed by atoms with Gasteiger partial charge >= 0.3 is 0 Å². The summed E-state index contributed by atoms with van der Waals surface area (Å²) < 4.78 is 0. The molecule has 0 radical (unpaired) electrons. The SMILES string of the molecule is CCN(Cc1ccccn1)CC(NC)C1CCCC1. The molecular weight excluding hydrogens is 234 g/mol. The fourth-order valence-corrected chi connectivity index (χ4v) is 3.14. The lowest BCUT2D eigenvalue weighted by atomic mass is 9.97. The van der Waals surface area contributed by atoms with Gasteiger partial charge in [-0.2, -0.15) is 0 Å². The van der Waals surface area contributed by atoms with Crippen LogP contribution in [0.1, 0.15) is 38.3 Å². The van der Waals surface area contributed by atoms with Crippen LogP contribution in [0.2, 0.25) is 0 Å². The van der Waals surface area contributed by atoms with Gasteiger partial charge in [0.15, 0.2) is 0 Å². The van der Waals surface area contributed by atoms with Gasteiger partial charge in [0.25, 0.3) is 0 Å². The van der Waals surface area contributed by atoms with Crippen molar-refractivity contribution in [2.24, 2.45) is 5.92 Å². The largest absolute Gasteiger partial charge is 0.315 e. The quantitative estimate of drug-likeness (QED) is 0.818. The normalized spacial score (nSPS) is 18.1. The van der Waals surface area contributed by atoms with Gasteiger partial charge in [-0.3, -0.25) is 9.88 Å². The van der Waals surface area contributed by atoms with E-state index in [-0.39, 0.29) is 0 Å². The van der Waals surface area contributed by atoms with E-state index in [0.717, 1.165) is 25.6 Å². The summed E-state index contributed by atoms with van der Waals surface area (Å²) in [6.45, 7) is 5.42. The van der Waals surface area contributed by atoms with Crippen molar-refractivity contribution in [3.63, 3.8) is 0 Å². The zero-order valence-corrected chi connectivity index (χ0v) is 12.3. The third-order valence-corrected chi connectivity index (χ3v) is 4.35. The number of pyridine rings is 1. The van der Waals surface area contributed by atoms with Crippen molar-refractivity contribution < 1.29 is 0 Å². The first-order valence-corrected chi connectivity index (χ1v) is 7.63. The highest BCUT2D eigenvalue weighted by Crippen LogP contribution is 2.28. The average molecular weight is 261 g/mol. The second kappa shape index (κ2) is 7.61. The van der Waals surface area contributed by atoms with Crippen molar-refractivity contribution in [1.82, 2.24) is 15.2 Å².